The minimum Gasteiger partial charge on any atom is -0.300 e. The fraction of sp³-hybridized carbons (Fsp3) is 0.467. The highest BCUT2D eigenvalue weighted by molar-refractivity contribution is 6.01. The molecular formula is C15H20O2. The highest BCUT2D eigenvalue weighted by Crippen LogP contribution is 2.21. The fourth-order valence-corrected chi connectivity index (χ4v) is 2.01. The second kappa shape index (κ2) is 5.26. The van der Waals surface area contributed by atoms with Gasteiger partial charge in [-0.15, -0.1) is 0 Å². The van der Waals surface area contributed by atoms with Crippen LogP contribution in [0.1, 0.15) is 47.3 Å². The molecule has 0 saturated heterocycles. The Bertz CT molecular complexity index is 458. The number of Topliss-reactive ketones (excluding diaryl/α,β-unsaturated/α-hetero) is 2. The summed E-state index contributed by atoms with van der Waals surface area (Å²) >= 11 is 0. The first-order chi connectivity index (χ1) is 7.84. The molecule has 0 radical (unpaired) electrons. The molecule has 0 spiro atoms. The number of rotatable bonds is 4. The quantitative estimate of drug-likeness (QED) is 0.745. The number of hydrogen-bond acceptors (Lipinski definition) is 2. The van der Waals surface area contributed by atoms with Crippen molar-refractivity contribution in [2.24, 2.45) is 5.92 Å². The van der Waals surface area contributed by atoms with Gasteiger partial charge in [0.15, 0.2) is 5.78 Å². The number of carbonyl (C=O) groups is 2. The molecule has 17 heavy (non-hydrogen) atoms. The second-order valence-electron chi connectivity index (χ2n) is 4.85. The zero-order valence-electron chi connectivity index (χ0n) is 11.3. The first-order valence-electron chi connectivity index (χ1n) is 5.95. The van der Waals surface area contributed by atoms with E-state index in [1.165, 1.54) is 12.5 Å². The van der Waals surface area contributed by atoms with Crippen LogP contribution in [0.4, 0.5) is 0 Å². The van der Waals surface area contributed by atoms with Gasteiger partial charge in [0.1, 0.15) is 5.78 Å². The lowest BCUT2D eigenvalue weighted by atomic mass is 9.89. The lowest BCUT2D eigenvalue weighted by Crippen LogP contribution is -2.16. The van der Waals surface area contributed by atoms with Gasteiger partial charge in [-0.05, 0) is 44.4 Å². The van der Waals surface area contributed by atoms with Gasteiger partial charge in [0, 0.05) is 17.9 Å². The van der Waals surface area contributed by atoms with Crippen molar-refractivity contribution < 1.29 is 9.59 Å². The third kappa shape index (κ3) is 3.02. The Morgan fingerprint density at radius 2 is 1.71 bits per heavy atom. The monoisotopic (exact) mass is 232 g/mol. The molecule has 0 aliphatic carbocycles. The van der Waals surface area contributed by atoms with Gasteiger partial charge < -0.3 is 4.79 Å². The summed E-state index contributed by atoms with van der Waals surface area (Å²) in [4.78, 5) is 23.3. The van der Waals surface area contributed by atoms with Crippen LogP contribution >= 0.6 is 0 Å². The van der Waals surface area contributed by atoms with E-state index in [9.17, 15) is 9.59 Å². The van der Waals surface area contributed by atoms with Crippen LogP contribution in [0.3, 0.4) is 0 Å². The highest BCUT2D eigenvalue weighted by atomic mass is 16.1. The largest absolute Gasteiger partial charge is 0.300 e. The molecule has 0 aromatic heterocycles. The molecule has 0 bridgehead atoms. The minimum atomic E-state index is -0.228. The van der Waals surface area contributed by atoms with Crippen LogP contribution < -0.4 is 0 Å². The summed E-state index contributed by atoms with van der Waals surface area (Å²) in [5, 5.41) is 0. The van der Waals surface area contributed by atoms with Gasteiger partial charge in [-0.25, -0.2) is 0 Å². The smallest absolute Gasteiger partial charge is 0.166 e. The maximum atomic E-state index is 12.2. The molecular weight excluding hydrogens is 212 g/mol. The topological polar surface area (TPSA) is 34.1 Å². The van der Waals surface area contributed by atoms with Crippen LogP contribution in [-0.2, 0) is 4.79 Å². The molecule has 0 heterocycles. The molecule has 1 rings (SSSR count). The van der Waals surface area contributed by atoms with Gasteiger partial charge in [0.2, 0.25) is 0 Å². The number of aryl methyl sites for hydroxylation is 1. The lowest BCUT2D eigenvalue weighted by Gasteiger charge is -2.13. The van der Waals surface area contributed by atoms with Crippen molar-refractivity contribution in [3.05, 3.63) is 34.4 Å². The van der Waals surface area contributed by atoms with Gasteiger partial charge in [-0.3, -0.25) is 4.79 Å². The predicted octanol–water partition coefficient (Wildman–Crippen LogP) is 3.41. The van der Waals surface area contributed by atoms with Gasteiger partial charge in [-0.1, -0.05) is 19.1 Å². The molecule has 0 aliphatic heterocycles. The first-order valence-corrected chi connectivity index (χ1v) is 5.95. The molecule has 0 saturated carbocycles. The van der Waals surface area contributed by atoms with Gasteiger partial charge >= 0.3 is 0 Å². The Morgan fingerprint density at radius 3 is 2.24 bits per heavy atom. The highest BCUT2D eigenvalue weighted by Gasteiger charge is 2.19. The predicted molar refractivity (Wildman–Crippen MR) is 69.4 cm³/mol. The number of carbonyl (C=O) groups excluding carboxylic acids is 2. The summed E-state index contributed by atoms with van der Waals surface area (Å²) in [6, 6.07) is 3.84. The Labute approximate surface area is 103 Å². The Hall–Kier alpha value is -1.44. The van der Waals surface area contributed by atoms with E-state index in [1.54, 1.807) is 0 Å². The summed E-state index contributed by atoms with van der Waals surface area (Å²) in [5.74, 6) is -0.0959. The summed E-state index contributed by atoms with van der Waals surface area (Å²) in [5.41, 5.74) is 4.14. The molecule has 2 nitrogen and oxygen atoms in total. The molecule has 0 N–H and O–H groups in total. The van der Waals surface area contributed by atoms with Crippen molar-refractivity contribution >= 4 is 11.6 Å². The van der Waals surface area contributed by atoms with Gasteiger partial charge in [0.25, 0.3) is 0 Å². The summed E-state index contributed by atoms with van der Waals surface area (Å²) in [6.07, 6.45) is 0.325. The average molecular weight is 232 g/mol. The SMILES string of the molecule is CC(=O)CC(C)C(=O)c1ccc(C)c(C)c1C. The lowest BCUT2D eigenvalue weighted by molar-refractivity contribution is -0.117. The van der Waals surface area contributed by atoms with E-state index in [4.69, 9.17) is 0 Å². The normalized spacial score (nSPS) is 12.3. The second-order valence-corrected chi connectivity index (χ2v) is 4.85. The van der Waals surface area contributed by atoms with Crippen LogP contribution in [0, 0.1) is 26.7 Å². The van der Waals surface area contributed by atoms with Gasteiger partial charge in [0.05, 0.1) is 0 Å². The van der Waals surface area contributed by atoms with E-state index in [0.29, 0.717) is 6.42 Å². The molecule has 2 heteroatoms. The molecule has 92 valence electrons. The first kappa shape index (κ1) is 13.6. The molecule has 0 amide bonds. The Kier molecular flexibility index (Phi) is 4.22. The number of benzene rings is 1. The standard InChI is InChI=1S/C15H20O2/c1-9-6-7-14(13(5)12(9)4)15(17)10(2)8-11(3)16/h6-7,10H,8H2,1-5H3. The summed E-state index contributed by atoms with van der Waals surface area (Å²) in [6.45, 7) is 9.37. The van der Waals surface area contributed by atoms with Gasteiger partial charge in [-0.2, -0.15) is 0 Å². The number of hydrogen-bond donors (Lipinski definition) is 0. The van der Waals surface area contributed by atoms with Crippen molar-refractivity contribution in [3.63, 3.8) is 0 Å². The van der Waals surface area contributed by atoms with Crippen molar-refractivity contribution in [1.82, 2.24) is 0 Å². The van der Waals surface area contributed by atoms with Crippen molar-refractivity contribution in [1.29, 1.82) is 0 Å². The molecule has 1 aromatic rings. The summed E-state index contributed by atoms with van der Waals surface area (Å²) < 4.78 is 0. The van der Waals surface area contributed by atoms with Crippen LogP contribution in [0.25, 0.3) is 0 Å². The molecule has 0 aliphatic rings. The van der Waals surface area contributed by atoms with E-state index >= 15 is 0 Å². The fourth-order valence-electron chi connectivity index (χ4n) is 2.01. The summed E-state index contributed by atoms with van der Waals surface area (Å²) in [7, 11) is 0. The maximum absolute atomic E-state index is 12.2. The third-order valence-corrected chi connectivity index (χ3v) is 3.36. The molecule has 0 fully saturated rings. The van der Waals surface area contributed by atoms with E-state index in [2.05, 4.69) is 0 Å². The van der Waals surface area contributed by atoms with E-state index in [1.807, 2.05) is 39.8 Å². The zero-order chi connectivity index (χ0) is 13.2. The molecule has 1 aromatic carbocycles. The molecule has 1 unspecified atom stereocenters. The van der Waals surface area contributed by atoms with Crippen LogP contribution in [0.5, 0.6) is 0 Å². The minimum absolute atomic E-state index is 0.0623. The van der Waals surface area contributed by atoms with Crippen molar-refractivity contribution in [2.75, 3.05) is 0 Å². The van der Waals surface area contributed by atoms with Crippen molar-refractivity contribution in [2.45, 2.75) is 41.0 Å². The Morgan fingerprint density at radius 1 is 1.12 bits per heavy atom. The van der Waals surface area contributed by atoms with Crippen LogP contribution in [0.15, 0.2) is 12.1 Å². The Balaban J connectivity index is 3.05. The average Bonchev–Trinajstić information content (AvgIpc) is 2.24. The van der Waals surface area contributed by atoms with Crippen molar-refractivity contribution in [3.8, 4) is 0 Å². The van der Waals surface area contributed by atoms with E-state index in [0.717, 1.165) is 16.7 Å². The number of ketones is 2. The van der Waals surface area contributed by atoms with E-state index in [-0.39, 0.29) is 17.5 Å². The zero-order valence-corrected chi connectivity index (χ0v) is 11.3. The van der Waals surface area contributed by atoms with Crippen LogP contribution in [0.2, 0.25) is 0 Å². The van der Waals surface area contributed by atoms with E-state index < -0.39 is 0 Å². The maximum Gasteiger partial charge on any atom is 0.166 e. The van der Waals surface area contributed by atoms with Crippen LogP contribution in [-0.4, -0.2) is 11.6 Å². The third-order valence-electron chi connectivity index (χ3n) is 3.36. The molecule has 1 atom stereocenters.